The van der Waals surface area contributed by atoms with E-state index in [1.165, 1.54) is 6.08 Å². The largest absolute Gasteiger partial charge is 0.493 e. The number of aryl methyl sites for hydroxylation is 1. The van der Waals surface area contributed by atoms with Crippen LogP contribution in [0.15, 0.2) is 41.8 Å². The second-order valence-corrected chi connectivity index (χ2v) is 5.22. The Hall–Kier alpha value is -2.28. The van der Waals surface area contributed by atoms with Gasteiger partial charge < -0.3 is 14.4 Å². The Balaban J connectivity index is 1.76. The monoisotopic (exact) mass is 305 g/mol. The Morgan fingerprint density at radius 2 is 2.19 bits per heavy atom. The van der Waals surface area contributed by atoms with Crippen molar-refractivity contribution >= 4 is 23.8 Å². The highest BCUT2D eigenvalue weighted by Crippen LogP contribution is 2.16. The molecular weight excluding hydrogens is 290 g/mol. The average Bonchev–Trinajstić information content (AvgIpc) is 2.88. The summed E-state index contributed by atoms with van der Waals surface area (Å²) < 4.78 is 7.46. The summed E-state index contributed by atoms with van der Waals surface area (Å²) in [7, 11) is 1.90. The lowest BCUT2D eigenvalue weighted by Gasteiger charge is -2.06. The standard InChI is InChI=1S/C14H15N3O3S/c1-17-10-15-16-14(17)21-9-8-20-12-5-2-11(3-6-12)4-7-13(18)19/h2-7,10H,8-9H2,1H3,(H,18,19). The third-order valence-corrected chi connectivity index (χ3v) is 3.55. The Morgan fingerprint density at radius 3 is 2.81 bits per heavy atom. The van der Waals surface area contributed by atoms with Crippen molar-refractivity contribution in [1.82, 2.24) is 14.8 Å². The van der Waals surface area contributed by atoms with Crippen molar-refractivity contribution in [3.63, 3.8) is 0 Å². The lowest BCUT2D eigenvalue weighted by molar-refractivity contribution is -0.131. The summed E-state index contributed by atoms with van der Waals surface area (Å²) in [5.74, 6) is 0.560. The zero-order chi connectivity index (χ0) is 15.1. The van der Waals surface area contributed by atoms with Crippen molar-refractivity contribution in [3.05, 3.63) is 42.2 Å². The maximum Gasteiger partial charge on any atom is 0.328 e. The highest BCUT2D eigenvalue weighted by atomic mass is 32.2. The van der Waals surface area contributed by atoms with Crippen LogP contribution in [0.2, 0.25) is 0 Å². The molecule has 0 bridgehead atoms. The quantitative estimate of drug-likeness (QED) is 0.479. The molecule has 21 heavy (non-hydrogen) atoms. The van der Waals surface area contributed by atoms with Crippen LogP contribution in [0, 0.1) is 0 Å². The fourth-order valence-corrected chi connectivity index (χ4v) is 2.24. The van der Waals surface area contributed by atoms with E-state index in [9.17, 15) is 4.79 Å². The number of carboxylic acid groups (broad SMARTS) is 1. The van der Waals surface area contributed by atoms with Gasteiger partial charge in [-0.2, -0.15) is 0 Å². The zero-order valence-electron chi connectivity index (χ0n) is 11.5. The van der Waals surface area contributed by atoms with Gasteiger partial charge in [-0.1, -0.05) is 23.9 Å². The number of aliphatic carboxylic acids is 1. The summed E-state index contributed by atoms with van der Waals surface area (Å²) in [6.45, 7) is 0.557. The molecule has 0 saturated heterocycles. The summed E-state index contributed by atoms with van der Waals surface area (Å²) in [6, 6.07) is 7.25. The summed E-state index contributed by atoms with van der Waals surface area (Å²) in [4.78, 5) is 10.4. The predicted molar refractivity (Wildman–Crippen MR) is 80.3 cm³/mol. The van der Waals surface area contributed by atoms with Crippen molar-refractivity contribution in [2.24, 2.45) is 7.05 Å². The van der Waals surface area contributed by atoms with E-state index >= 15 is 0 Å². The number of nitrogens with zero attached hydrogens (tertiary/aromatic N) is 3. The number of thioether (sulfide) groups is 1. The van der Waals surface area contributed by atoms with Crippen molar-refractivity contribution in [1.29, 1.82) is 0 Å². The second kappa shape index (κ2) is 7.49. The number of rotatable bonds is 7. The molecule has 0 aliphatic carbocycles. The highest BCUT2D eigenvalue weighted by Gasteiger charge is 2.01. The fraction of sp³-hybridized carbons (Fsp3) is 0.214. The second-order valence-electron chi connectivity index (χ2n) is 4.16. The minimum atomic E-state index is -0.962. The smallest absolute Gasteiger partial charge is 0.328 e. The molecule has 0 fully saturated rings. The first-order chi connectivity index (χ1) is 10.1. The highest BCUT2D eigenvalue weighted by molar-refractivity contribution is 7.99. The number of hydrogen-bond acceptors (Lipinski definition) is 5. The maximum atomic E-state index is 10.4. The van der Waals surface area contributed by atoms with Crippen LogP contribution in [-0.2, 0) is 11.8 Å². The van der Waals surface area contributed by atoms with E-state index in [0.717, 1.165) is 28.3 Å². The summed E-state index contributed by atoms with van der Waals surface area (Å²) in [5.41, 5.74) is 0.818. The lowest BCUT2D eigenvalue weighted by Crippen LogP contribution is -2.01. The molecule has 0 spiro atoms. The fourth-order valence-electron chi connectivity index (χ4n) is 1.54. The van der Waals surface area contributed by atoms with Crippen molar-refractivity contribution in [3.8, 4) is 5.75 Å². The van der Waals surface area contributed by atoms with E-state index in [1.807, 2.05) is 35.9 Å². The van der Waals surface area contributed by atoms with Crippen molar-refractivity contribution in [2.45, 2.75) is 5.16 Å². The van der Waals surface area contributed by atoms with Gasteiger partial charge in [0.25, 0.3) is 0 Å². The van der Waals surface area contributed by atoms with E-state index in [-0.39, 0.29) is 0 Å². The third-order valence-electron chi connectivity index (χ3n) is 2.55. The molecule has 0 unspecified atom stereocenters. The molecule has 0 saturated carbocycles. The minimum Gasteiger partial charge on any atom is -0.493 e. The Morgan fingerprint density at radius 1 is 1.43 bits per heavy atom. The molecule has 110 valence electrons. The maximum absolute atomic E-state index is 10.4. The molecule has 0 amide bonds. The number of aromatic nitrogens is 3. The van der Waals surface area contributed by atoms with Crippen LogP contribution in [0.1, 0.15) is 5.56 Å². The van der Waals surface area contributed by atoms with Crippen molar-refractivity contribution < 1.29 is 14.6 Å². The van der Waals surface area contributed by atoms with E-state index in [4.69, 9.17) is 9.84 Å². The molecule has 1 aromatic heterocycles. The van der Waals surface area contributed by atoms with Gasteiger partial charge >= 0.3 is 5.97 Å². The van der Waals surface area contributed by atoms with Crippen LogP contribution in [0.4, 0.5) is 0 Å². The van der Waals surface area contributed by atoms with Gasteiger partial charge in [-0.3, -0.25) is 0 Å². The summed E-state index contributed by atoms with van der Waals surface area (Å²) in [6.07, 6.45) is 4.30. The Labute approximate surface area is 126 Å². The zero-order valence-corrected chi connectivity index (χ0v) is 12.3. The van der Waals surface area contributed by atoms with Gasteiger partial charge in [-0.15, -0.1) is 10.2 Å². The predicted octanol–water partition coefficient (Wildman–Crippen LogP) is 2.08. The number of benzene rings is 1. The van der Waals surface area contributed by atoms with Crippen LogP contribution in [0.25, 0.3) is 6.08 Å². The molecule has 1 heterocycles. The van der Waals surface area contributed by atoms with Gasteiger partial charge in [-0.25, -0.2) is 4.79 Å². The van der Waals surface area contributed by atoms with E-state index in [2.05, 4.69) is 10.2 Å². The molecule has 0 aliphatic heterocycles. The first kappa shape index (κ1) is 15.1. The van der Waals surface area contributed by atoms with E-state index in [1.54, 1.807) is 18.1 Å². The van der Waals surface area contributed by atoms with E-state index < -0.39 is 5.97 Å². The average molecular weight is 305 g/mol. The molecule has 0 radical (unpaired) electrons. The van der Waals surface area contributed by atoms with Crippen LogP contribution in [-0.4, -0.2) is 38.2 Å². The molecule has 1 aromatic carbocycles. The molecule has 2 rings (SSSR count). The number of carboxylic acids is 1. The van der Waals surface area contributed by atoms with Crippen molar-refractivity contribution in [2.75, 3.05) is 12.4 Å². The molecule has 1 N–H and O–H groups in total. The molecule has 2 aromatic rings. The third kappa shape index (κ3) is 4.96. The van der Waals surface area contributed by atoms with Gasteiger partial charge in [0.15, 0.2) is 5.16 Å². The molecule has 0 aliphatic rings. The molecule has 0 atom stereocenters. The van der Waals surface area contributed by atoms with Gasteiger partial charge in [0.1, 0.15) is 12.1 Å². The lowest BCUT2D eigenvalue weighted by atomic mass is 10.2. The van der Waals surface area contributed by atoms with Gasteiger partial charge in [0, 0.05) is 18.9 Å². The SMILES string of the molecule is Cn1cnnc1SCCOc1ccc(C=CC(=O)O)cc1. The molecule has 7 heteroatoms. The summed E-state index contributed by atoms with van der Waals surface area (Å²) >= 11 is 1.58. The van der Waals surface area contributed by atoms with Crippen LogP contribution < -0.4 is 4.74 Å². The molecular formula is C14H15N3O3S. The number of carbonyl (C=O) groups is 1. The van der Waals surface area contributed by atoms with Crippen LogP contribution >= 0.6 is 11.8 Å². The van der Waals surface area contributed by atoms with Crippen LogP contribution in [0.5, 0.6) is 5.75 Å². The number of hydrogen-bond donors (Lipinski definition) is 1. The first-order valence-electron chi connectivity index (χ1n) is 6.26. The topological polar surface area (TPSA) is 77.2 Å². The first-order valence-corrected chi connectivity index (χ1v) is 7.24. The van der Waals surface area contributed by atoms with Crippen LogP contribution in [0.3, 0.4) is 0 Å². The Bertz CT molecular complexity index is 623. The number of ether oxygens (including phenoxy) is 1. The molecule has 6 nitrogen and oxygen atoms in total. The van der Waals surface area contributed by atoms with Gasteiger partial charge in [-0.05, 0) is 23.8 Å². The van der Waals surface area contributed by atoms with E-state index in [0.29, 0.717) is 6.61 Å². The van der Waals surface area contributed by atoms with Gasteiger partial charge in [0.2, 0.25) is 0 Å². The van der Waals surface area contributed by atoms with Gasteiger partial charge in [0.05, 0.1) is 6.61 Å². The Kier molecular flexibility index (Phi) is 5.39. The normalized spacial score (nSPS) is 10.9. The minimum absolute atomic E-state index is 0.557. The summed E-state index contributed by atoms with van der Waals surface area (Å²) in [5, 5.41) is 17.2.